The van der Waals surface area contributed by atoms with Crippen LogP contribution in [0, 0.1) is 16.7 Å². The van der Waals surface area contributed by atoms with E-state index in [0.29, 0.717) is 16.9 Å². The van der Waals surface area contributed by atoms with Crippen LogP contribution in [-0.2, 0) is 14.6 Å². The molecule has 2 aromatic rings. The number of halogens is 1. The number of aldehydes is 1. The summed E-state index contributed by atoms with van der Waals surface area (Å²) in [6.45, 7) is 0. The molecule has 1 fully saturated rings. The van der Waals surface area contributed by atoms with Crippen LogP contribution >= 0.6 is 11.6 Å². The van der Waals surface area contributed by atoms with E-state index in [0.717, 1.165) is 0 Å². The molecule has 0 amide bonds. The number of carbonyl (C=O) groups excluding carboxylic acids is 1. The summed E-state index contributed by atoms with van der Waals surface area (Å²) in [4.78, 5) is 11.6. The van der Waals surface area contributed by atoms with Crippen LogP contribution in [0.1, 0.15) is 11.5 Å². The van der Waals surface area contributed by atoms with Crippen LogP contribution in [-0.4, -0.2) is 20.0 Å². The van der Waals surface area contributed by atoms with Crippen LogP contribution in [0.2, 0.25) is 5.02 Å². The molecule has 116 valence electrons. The van der Waals surface area contributed by atoms with Gasteiger partial charge in [0.25, 0.3) is 0 Å². The highest BCUT2D eigenvalue weighted by Crippen LogP contribution is 2.62. The number of rotatable bonds is 4. The van der Waals surface area contributed by atoms with E-state index in [1.54, 1.807) is 30.3 Å². The molecule has 4 nitrogen and oxygen atoms in total. The third-order valence-electron chi connectivity index (χ3n) is 4.20. The molecule has 2 aromatic carbocycles. The molecule has 3 rings (SSSR count). The summed E-state index contributed by atoms with van der Waals surface area (Å²) in [6, 6.07) is 16.4. The molecule has 0 aliphatic heterocycles. The molecule has 0 radical (unpaired) electrons. The predicted octanol–water partition coefficient (Wildman–Crippen LogP) is 2.99. The Morgan fingerprint density at radius 3 is 2.22 bits per heavy atom. The van der Waals surface area contributed by atoms with E-state index in [2.05, 4.69) is 0 Å². The number of sulfone groups is 1. The Morgan fingerprint density at radius 2 is 1.70 bits per heavy atom. The largest absolute Gasteiger partial charge is 0.302 e. The van der Waals surface area contributed by atoms with Crippen LogP contribution in [0.3, 0.4) is 0 Å². The van der Waals surface area contributed by atoms with Gasteiger partial charge in [0, 0.05) is 10.9 Å². The second kappa shape index (κ2) is 5.48. The van der Waals surface area contributed by atoms with Crippen molar-refractivity contribution in [2.45, 2.75) is 16.1 Å². The standard InChI is InChI=1S/C17H12ClNO3S/c18-13-6-8-14(9-7-13)23(21,22)16-15(17(16,10-19)11-20)12-4-2-1-3-5-12/h1-9,11,15-16H/t15-,16+,17-/m0/s1. The van der Waals surface area contributed by atoms with Gasteiger partial charge in [-0.1, -0.05) is 41.9 Å². The first-order valence-electron chi connectivity index (χ1n) is 6.89. The Balaban J connectivity index is 2.09. The summed E-state index contributed by atoms with van der Waals surface area (Å²) in [7, 11) is -3.82. The summed E-state index contributed by atoms with van der Waals surface area (Å²) < 4.78 is 25.7. The number of nitriles is 1. The lowest BCUT2D eigenvalue weighted by molar-refractivity contribution is -0.110. The van der Waals surface area contributed by atoms with E-state index in [1.165, 1.54) is 24.3 Å². The maximum Gasteiger partial charge on any atom is 0.183 e. The van der Waals surface area contributed by atoms with Crippen LogP contribution < -0.4 is 0 Å². The second-order valence-corrected chi connectivity index (χ2v) is 7.98. The molecule has 0 spiro atoms. The highest BCUT2D eigenvalue weighted by molar-refractivity contribution is 7.92. The van der Waals surface area contributed by atoms with Crippen molar-refractivity contribution < 1.29 is 13.2 Å². The summed E-state index contributed by atoms with van der Waals surface area (Å²) in [6.07, 6.45) is 0.461. The Kier molecular flexibility index (Phi) is 3.75. The molecule has 0 N–H and O–H groups in total. The van der Waals surface area contributed by atoms with E-state index in [1.807, 2.05) is 6.07 Å². The van der Waals surface area contributed by atoms with E-state index >= 15 is 0 Å². The summed E-state index contributed by atoms with van der Waals surface area (Å²) in [5, 5.41) is 8.78. The van der Waals surface area contributed by atoms with Crippen molar-refractivity contribution in [2.75, 3.05) is 0 Å². The van der Waals surface area contributed by atoms with Crippen molar-refractivity contribution in [1.82, 2.24) is 0 Å². The normalized spacial score (nSPS) is 26.3. The van der Waals surface area contributed by atoms with E-state index < -0.39 is 26.4 Å². The zero-order valence-corrected chi connectivity index (χ0v) is 13.5. The predicted molar refractivity (Wildman–Crippen MR) is 85.7 cm³/mol. The molecule has 1 aliphatic carbocycles. The molecule has 0 unspecified atom stereocenters. The van der Waals surface area contributed by atoms with Crippen molar-refractivity contribution in [1.29, 1.82) is 5.26 Å². The van der Waals surface area contributed by atoms with Gasteiger partial charge in [-0.2, -0.15) is 5.26 Å². The Bertz CT molecular complexity index is 888. The SMILES string of the molecule is N#C[C@@]1(C=O)[C@H](S(=O)(=O)c2ccc(Cl)cc2)[C@@H]1c1ccccc1. The molecule has 1 aliphatic rings. The molecule has 1 saturated carbocycles. The molecular weight excluding hydrogens is 334 g/mol. The summed E-state index contributed by atoms with van der Waals surface area (Å²) in [5.74, 6) is -0.660. The number of carbonyl (C=O) groups is 1. The third-order valence-corrected chi connectivity index (χ3v) is 6.71. The molecule has 0 bridgehead atoms. The third kappa shape index (κ3) is 2.35. The van der Waals surface area contributed by atoms with Gasteiger partial charge in [0.15, 0.2) is 9.84 Å². The molecule has 0 aromatic heterocycles. The number of nitrogens with zero attached hydrogens (tertiary/aromatic N) is 1. The minimum Gasteiger partial charge on any atom is -0.302 e. The highest BCUT2D eigenvalue weighted by Gasteiger charge is 2.72. The van der Waals surface area contributed by atoms with Crippen LogP contribution in [0.15, 0.2) is 59.5 Å². The van der Waals surface area contributed by atoms with Gasteiger partial charge in [0.1, 0.15) is 17.0 Å². The molecule has 23 heavy (non-hydrogen) atoms. The van der Waals surface area contributed by atoms with Crippen molar-refractivity contribution >= 4 is 27.7 Å². The Morgan fingerprint density at radius 1 is 1.09 bits per heavy atom. The quantitative estimate of drug-likeness (QED) is 0.798. The molecular formula is C17H12ClNO3S. The number of hydrogen-bond acceptors (Lipinski definition) is 4. The van der Waals surface area contributed by atoms with E-state index in [-0.39, 0.29) is 4.90 Å². The lowest BCUT2D eigenvalue weighted by Crippen LogP contribution is -2.16. The van der Waals surface area contributed by atoms with Gasteiger partial charge in [-0.15, -0.1) is 0 Å². The first-order valence-corrected chi connectivity index (χ1v) is 8.82. The van der Waals surface area contributed by atoms with Crippen molar-refractivity contribution in [3.63, 3.8) is 0 Å². The lowest BCUT2D eigenvalue weighted by atomic mass is 10.0. The van der Waals surface area contributed by atoms with Crippen molar-refractivity contribution in [2.24, 2.45) is 5.41 Å². The average Bonchev–Trinajstić information content (AvgIpc) is 3.27. The molecule has 0 saturated heterocycles. The molecule has 0 heterocycles. The topological polar surface area (TPSA) is 75.0 Å². The maximum atomic E-state index is 12.9. The van der Waals surface area contributed by atoms with Crippen LogP contribution in [0.25, 0.3) is 0 Å². The summed E-state index contributed by atoms with van der Waals surface area (Å²) in [5.41, 5.74) is -0.872. The van der Waals surface area contributed by atoms with Crippen LogP contribution in [0.4, 0.5) is 0 Å². The molecule has 6 heteroatoms. The maximum absolute atomic E-state index is 12.9. The average molecular weight is 346 g/mol. The second-order valence-electron chi connectivity index (χ2n) is 5.47. The van der Waals surface area contributed by atoms with Gasteiger partial charge in [-0.25, -0.2) is 8.42 Å². The zero-order chi connectivity index (χ0) is 16.7. The fourth-order valence-corrected chi connectivity index (χ4v) is 5.36. The monoisotopic (exact) mass is 345 g/mol. The molecule has 3 atom stereocenters. The summed E-state index contributed by atoms with van der Waals surface area (Å²) >= 11 is 5.79. The lowest BCUT2D eigenvalue weighted by Gasteiger charge is -2.04. The minimum atomic E-state index is -3.82. The van der Waals surface area contributed by atoms with Gasteiger partial charge >= 0.3 is 0 Å². The van der Waals surface area contributed by atoms with Gasteiger partial charge in [-0.05, 0) is 29.8 Å². The smallest absolute Gasteiger partial charge is 0.183 e. The van der Waals surface area contributed by atoms with Crippen molar-refractivity contribution in [3.05, 3.63) is 65.2 Å². The number of hydrogen-bond donors (Lipinski definition) is 0. The van der Waals surface area contributed by atoms with Gasteiger partial charge in [-0.3, -0.25) is 0 Å². The fraction of sp³-hybridized carbons (Fsp3) is 0.176. The van der Waals surface area contributed by atoms with Crippen LogP contribution in [0.5, 0.6) is 0 Å². The minimum absolute atomic E-state index is 0.0619. The zero-order valence-electron chi connectivity index (χ0n) is 11.9. The van der Waals surface area contributed by atoms with Gasteiger partial charge in [0.05, 0.1) is 11.0 Å². The van der Waals surface area contributed by atoms with E-state index in [9.17, 15) is 18.5 Å². The Hall–Kier alpha value is -2.16. The first kappa shape index (κ1) is 15.7. The number of benzene rings is 2. The van der Waals surface area contributed by atoms with E-state index in [4.69, 9.17) is 11.6 Å². The van der Waals surface area contributed by atoms with Gasteiger partial charge in [0.2, 0.25) is 0 Å². The van der Waals surface area contributed by atoms with Crippen molar-refractivity contribution in [3.8, 4) is 6.07 Å². The Labute approximate surface area is 139 Å². The first-order chi connectivity index (χ1) is 11.0. The highest BCUT2D eigenvalue weighted by atomic mass is 35.5. The fourth-order valence-electron chi connectivity index (χ4n) is 2.99. The van der Waals surface area contributed by atoms with Gasteiger partial charge < -0.3 is 4.79 Å².